The van der Waals surface area contributed by atoms with Gasteiger partial charge in [0.05, 0.1) is 22.9 Å². The second-order valence-corrected chi connectivity index (χ2v) is 13.0. The van der Waals surface area contributed by atoms with Crippen molar-refractivity contribution in [3.05, 3.63) is 83.7 Å². The third-order valence-electron chi connectivity index (χ3n) is 7.25. The summed E-state index contributed by atoms with van der Waals surface area (Å²) in [7, 11) is -4.68. The molecule has 0 saturated heterocycles. The van der Waals surface area contributed by atoms with Crippen molar-refractivity contribution in [2.24, 2.45) is 15.5 Å². The molecule has 1 amide bonds. The molecular formula is C32H34N7NaO5S. The van der Waals surface area contributed by atoms with Crippen LogP contribution in [0.5, 0.6) is 0 Å². The fourth-order valence-electron chi connectivity index (χ4n) is 4.87. The Bertz CT molecular complexity index is 1930. The van der Waals surface area contributed by atoms with E-state index in [0.717, 1.165) is 41.3 Å². The van der Waals surface area contributed by atoms with Crippen LogP contribution in [-0.4, -0.2) is 70.0 Å². The van der Waals surface area contributed by atoms with Gasteiger partial charge in [-0.05, 0) is 80.1 Å². The first-order valence-corrected chi connectivity index (χ1v) is 15.8. The maximum Gasteiger partial charge on any atom is 1.00 e. The van der Waals surface area contributed by atoms with Crippen LogP contribution < -0.4 is 39.8 Å². The number of fused-ring (bicyclic) bond motifs is 1. The summed E-state index contributed by atoms with van der Waals surface area (Å²) in [5.74, 6) is 0.381. The van der Waals surface area contributed by atoms with Crippen molar-refractivity contribution in [2.75, 3.05) is 29.9 Å². The molecule has 14 heteroatoms. The minimum Gasteiger partial charge on any atom is -0.744 e. The minimum absolute atomic E-state index is 0. The summed E-state index contributed by atoms with van der Waals surface area (Å²) < 4.78 is 34.0. The van der Waals surface area contributed by atoms with Crippen LogP contribution in [0, 0.1) is 12.3 Å². The molecular weight excluding hydrogens is 617 g/mol. The molecule has 2 N–H and O–H groups in total. The van der Waals surface area contributed by atoms with Gasteiger partial charge in [-0.15, -0.1) is 9.89 Å². The molecule has 0 aliphatic carbocycles. The van der Waals surface area contributed by atoms with Gasteiger partial charge in [-0.3, -0.25) is 4.79 Å². The normalized spacial score (nSPS) is 13.6. The van der Waals surface area contributed by atoms with E-state index < -0.39 is 20.9 Å². The number of hydrogen-bond donors (Lipinski definition) is 2. The van der Waals surface area contributed by atoms with Gasteiger partial charge in [0.25, 0.3) is 5.91 Å². The molecule has 0 spiro atoms. The smallest absolute Gasteiger partial charge is 0.744 e. The van der Waals surface area contributed by atoms with Gasteiger partial charge in [0, 0.05) is 41.0 Å². The number of aryl methyl sites for hydroxylation is 1. The fraction of sp³-hybridized carbons (Fsp3) is 0.281. The Morgan fingerprint density at radius 3 is 2.41 bits per heavy atom. The standard InChI is InChI=1S/C32H35N7O5S.Na/c1-6-38(16-17-40)24-14-15-26(20(2)18-24)34-27-28(32(3,4)5)36-39-30(27)35-29(37-39)21-10-12-23(13-11-21)33-31(41)22-8-7-9-25(19-22)45(42,43)44;/h7-15,18-19,40H,6,16-17H2,1-5H3,(H,33,41)(H,42,43,44);/q;+1/p-1. The summed E-state index contributed by atoms with van der Waals surface area (Å²) in [5.41, 5.74) is 5.02. The van der Waals surface area contributed by atoms with Gasteiger partial charge >= 0.3 is 29.6 Å². The predicted octanol–water partition coefficient (Wildman–Crippen LogP) is 1.62. The number of nitrogens with one attached hydrogen (secondary N) is 1. The Balaban J connectivity index is 0.00000480. The quantitative estimate of drug-likeness (QED) is 0.204. The number of aliphatic imine (C=N–C) groups is 1. The SMILES string of the molecule is CCN(CCO)c1ccc(N=C2C(C(C)(C)C)=Nn3nc(-c4ccc(NC(=O)c5cccc(S(=O)(=O)[O-])c5)cc4)nc32)c(C)c1.[Na+]. The summed E-state index contributed by atoms with van der Waals surface area (Å²) in [6, 6.07) is 17.8. The Labute approximate surface area is 290 Å². The van der Waals surface area contributed by atoms with Gasteiger partial charge in [-0.2, -0.15) is 5.10 Å². The Morgan fingerprint density at radius 1 is 1.09 bits per heavy atom. The van der Waals surface area contributed by atoms with E-state index in [1.807, 2.05) is 26.0 Å². The first-order valence-electron chi connectivity index (χ1n) is 14.4. The first-order chi connectivity index (χ1) is 21.3. The Kier molecular flexibility index (Phi) is 10.7. The molecule has 5 rings (SSSR count). The van der Waals surface area contributed by atoms with Crippen LogP contribution >= 0.6 is 0 Å². The topological polar surface area (TPSA) is 165 Å². The van der Waals surface area contributed by atoms with E-state index in [1.54, 1.807) is 24.3 Å². The van der Waals surface area contributed by atoms with E-state index in [4.69, 9.17) is 15.1 Å². The van der Waals surface area contributed by atoms with Crippen molar-refractivity contribution >= 4 is 44.5 Å². The maximum atomic E-state index is 12.7. The molecule has 3 aromatic carbocycles. The van der Waals surface area contributed by atoms with Gasteiger partial charge in [0.2, 0.25) is 5.82 Å². The van der Waals surface area contributed by atoms with Gasteiger partial charge in [-0.25, -0.2) is 18.4 Å². The first kappa shape index (κ1) is 35.1. The van der Waals surface area contributed by atoms with Crippen LogP contribution in [0.3, 0.4) is 0 Å². The number of aromatic nitrogens is 3. The zero-order valence-corrected chi connectivity index (χ0v) is 29.5. The van der Waals surface area contributed by atoms with Crippen molar-refractivity contribution in [2.45, 2.75) is 39.5 Å². The van der Waals surface area contributed by atoms with Crippen LogP contribution in [-0.2, 0) is 10.1 Å². The summed E-state index contributed by atoms with van der Waals surface area (Å²) in [4.78, 5) is 25.6. The average molecular weight is 652 g/mol. The summed E-state index contributed by atoms with van der Waals surface area (Å²) in [6.07, 6.45) is 0. The summed E-state index contributed by atoms with van der Waals surface area (Å²) in [6.45, 7) is 11.6. The number of rotatable bonds is 9. The van der Waals surface area contributed by atoms with E-state index in [2.05, 4.69) is 42.2 Å². The number of nitrogens with zero attached hydrogens (tertiary/aromatic N) is 6. The van der Waals surface area contributed by atoms with Crippen molar-refractivity contribution < 1.29 is 52.4 Å². The van der Waals surface area contributed by atoms with Crippen molar-refractivity contribution in [3.63, 3.8) is 0 Å². The zero-order chi connectivity index (χ0) is 32.5. The van der Waals surface area contributed by atoms with Crippen molar-refractivity contribution in [3.8, 4) is 11.4 Å². The molecule has 0 fully saturated rings. The largest absolute Gasteiger partial charge is 1.00 e. The number of hydrogen-bond acceptors (Lipinski definition) is 10. The van der Waals surface area contributed by atoms with Crippen LogP contribution in [0.1, 0.15) is 49.4 Å². The number of anilines is 2. The van der Waals surface area contributed by atoms with Gasteiger partial charge in [0.15, 0.2) is 5.82 Å². The number of likely N-dealkylation sites (N-methyl/N-ethyl adjacent to an activating group) is 1. The second kappa shape index (κ2) is 14.0. The van der Waals surface area contributed by atoms with E-state index >= 15 is 0 Å². The molecule has 0 saturated carbocycles. The summed E-state index contributed by atoms with van der Waals surface area (Å²) in [5, 5.41) is 21.5. The molecule has 0 unspecified atom stereocenters. The van der Waals surface area contributed by atoms with Crippen LogP contribution in [0.25, 0.3) is 11.4 Å². The Hall–Kier alpha value is -3.72. The average Bonchev–Trinajstić information content (AvgIpc) is 3.56. The second-order valence-electron chi connectivity index (χ2n) is 11.6. The maximum absolute atomic E-state index is 12.7. The molecule has 0 bridgehead atoms. The molecule has 234 valence electrons. The zero-order valence-electron chi connectivity index (χ0n) is 26.6. The third-order valence-corrected chi connectivity index (χ3v) is 8.08. The van der Waals surface area contributed by atoms with E-state index in [-0.39, 0.29) is 47.1 Å². The monoisotopic (exact) mass is 651 g/mol. The number of aliphatic hydroxyl groups excluding tert-OH is 1. The number of carbonyl (C=O) groups excluding carboxylic acids is 1. The third kappa shape index (κ3) is 7.63. The summed E-state index contributed by atoms with van der Waals surface area (Å²) >= 11 is 0. The minimum atomic E-state index is -4.68. The molecule has 1 aliphatic heterocycles. The molecule has 46 heavy (non-hydrogen) atoms. The van der Waals surface area contributed by atoms with Crippen molar-refractivity contribution in [1.82, 2.24) is 14.9 Å². The van der Waals surface area contributed by atoms with E-state index in [9.17, 15) is 22.9 Å². The molecule has 12 nitrogen and oxygen atoms in total. The Morgan fingerprint density at radius 2 is 1.80 bits per heavy atom. The fourth-order valence-corrected chi connectivity index (χ4v) is 5.39. The van der Waals surface area contributed by atoms with Gasteiger partial charge < -0.3 is 19.9 Å². The van der Waals surface area contributed by atoms with Crippen molar-refractivity contribution in [1.29, 1.82) is 0 Å². The van der Waals surface area contributed by atoms with Gasteiger partial charge in [0.1, 0.15) is 15.8 Å². The van der Waals surface area contributed by atoms with Crippen LogP contribution in [0.4, 0.5) is 17.1 Å². The molecule has 0 atom stereocenters. The van der Waals surface area contributed by atoms with Gasteiger partial charge in [-0.1, -0.05) is 26.8 Å². The van der Waals surface area contributed by atoms with E-state index in [0.29, 0.717) is 35.2 Å². The van der Waals surface area contributed by atoms with Crippen LogP contribution in [0.15, 0.2) is 81.7 Å². The molecule has 0 radical (unpaired) electrons. The van der Waals surface area contributed by atoms with E-state index in [1.165, 1.54) is 16.9 Å². The molecule has 1 aromatic heterocycles. The number of carbonyl (C=O) groups is 1. The number of amides is 1. The molecule has 4 aromatic rings. The molecule has 1 aliphatic rings. The number of benzene rings is 3. The van der Waals surface area contributed by atoms with Crippen LogP contribution in [0.2, 0.25) is 0 Å². The number of aliphatic hydroxyl groups is 1. The molecule has 2 heterocycles. The predicted molar refractivity (Wildman–Crippen MR) is 172 cm³/mol.